The Hall–Kier alpha value is -3.22. The monoisotopic (exact) mass is 499 g/mol. The molecule has 6 nitrogen and oxygen atoms in total. The van der Waals surface area contributed by atoms with Crippen LogP contribution in [-0.2, 0) is 4.79 Å². The summed E-state index contributed by atoms with van der Waals surface area (Å²) >= 11 is 12.6. The Bertz CT molecular complexity index is 1180. The molecule has 4 rings (SSSR count). The summed E-state index contributed by atoms with van der Waals surface area (Å²) in [5, 5.41) is 9.70. The van der Waals surface area contributed by atoms with Crippen molar-refractivity contribution in [3.63, 3.8) is 0 Å². The third-order valence-corrected chi connectivity index (χ3v) is 6.34. The van der Waals surface area contributed by atoms with Gasteiger partial charge in [-0.15, -0.1) is 0 Å². The molecule has 1 aliphatic heterocycles. The van der Waals surface area contributed by atoms with Crippen LogP contribution in [0, 0.1) is 0 Å². The Kier molecular flexibility index (Phi) is 7.29. The fourth-order valence-corrected chi connectivity index (χ4v) is 4.38. The molecule has 176 valence electrons. The van der Waals surface area contributed by atoms with Crippen LogP contribution >= 0.6 is 23.4 Å². The van der Waals surface area contributed by atoms with Crippen molar-refractivity contribution in [3.8, 4) is 17.2 Å². The van der Waals surface area contributed by atoms with Crippen LogP contribution in [0.25, 0.3) is 0 Å². The number of amides is 1. The summed E-state index contributed by atoms with van der Waals surface area (Å²) in [5.41, 5.74) is 2.06. The number of carboxylic acids is 1. The minimum absolute atomic E-state index is 0.0827. The van der Waals surface area contributed by atoms with Gasteiger partial charge in [0.15, 0.2) is 0 Å². The van der Waals surface area contributed by atoms with Crippen LogP contribution in [0.15, 0.2) is 66.7 Å². The van der Waals surface area contributed by atoms with E-state index in [0.717, 1.165) is 5.56 Å². The molecule has 2 unspecified atom stereocenters. The minimum Gasteiger partial charge on any atom is -0.493 e. The fraction of sp³-hybridized carbons (Fsp3) is 0.231. The maximum atomic E-state index is 12.7. The van der Waals surface area contributed by atoms with E-state index in [1.54, 1.807) is 36.4 Å². The highest BCUT2D eigenvalue weighted by Gasteiger charge is 2.29. The summed E-state index contributed by atoms with van der Waals surface area (Å²) in [6.07, 6.45) is 0.385. The number of halogens is 2. The van der Waals surface area contributed by atoms with Gasteiger partial charge >= 0.3 is 5.97 Å². The lowest BCUT2D eigenvalue weighted by Gasteiger charge is -2.24. The number of fused-ring (bicyclic) bond motifs is 1. The van der Waals surface area contributed by atoms with Gasteiger partial charge < -0.3 is 14.6 Å². The Balaban J connectivity index is 1.44. The van der Waals surface area contributed by atoms with Crippen LogP contribution in [0.1, 0.15) is 46.7 Å². The van der Waals surface area contributed by atoms with Gasteiger partial charge in [0.1, 0.15) is 17.2 Å². The quantitative estimate of drug-likeness (QED) is 0.376. The number of carboxylic acid groups (broad SMARTS) is 1. The molecule has 1 N–H and O–H groups in total. The van der Waals surface area contributed by atoms with Crippen molar-refractivity contribution in [2.45, 2.75) is 25.2 Å². The smallest absolute Gasteiger partial charge is 0.311 e. The summed E-state index contributed by atoms with van der Waals surface area (Å²) in [6.45, 7) is 2.68. The first kappa shape index (κ1) is 23.9. The fourth-order valence-electron chi connectivity index (χ4n) is 3.87. The summed E-state index contributed by atoms with van der Waals surface area (Å²) in [6, 6.07) is 19.6. The van der Waals surface area contributed by atoms with Gasteiger partial charge in [0.05, 0.1) is 17.5 Å². The second-order valence-electron chi connectivity index (χ2n) is 8.14. The van der Waals surface area contributed by atoms with Gasteiger partial charge in [-0.05, 0) is 42.3 Å². The lowest BCUT2D eigenvalue weighted by molar-refractivity contribution is -0.139. The molecule has 0 saturated carbocycles. The van der Waals surface area contributed by atoms with E-state index in [1.165, 1.54) is 4.42 Å². The maximum absolute atomic E-state index is 12.7. The van der Waals surface area contributed by atoms with Gasteiger partial charge in [-0.1, -0.05) is 48.9 Å². The van der Waals surface area contributed by atoms with Gasteiger partial charge in [0.25, 0.3) is 5.91 Å². The number of ether oxygens (including phenoxy) is 2. The van der Waals surface area contributed by atoms with E-state index < -0.39 is 11.9 Å². The number of hydrogen-bond acceptors (Lipinski definition) is 4. The van der Waals surface area contributed by atoms with Gasteiger partial charge in [0, 0.05) is 41.4 Å². The average Bonchev–Trinajstić information content (AvgIpc) is 2.84. The van der Waals surface area contributed by atoms with E-state index >= 15 is 0 Å². The van der Waals surface area contributed by atoms with Crippen molar-refractivity contribution < 1.29 is 24.2 Å². The molecular weight excluding hydrogens is 477 g/mol. The van der Waals surface area contributed by atoms with Crippen LogP contribution in [0.4, 0.5) is 0 Å². The number of carbonyl (C=O) groups excluding carboxylic acids is 1. The van der Waals surface area contributed by atoms with Crippen LogP contribution in [0.3, 0.4) is 0 Å². The molecule has 0 bridgehead atoms. The van der Waals surface area contributed by atoms with Gasteiger partial charge in [-0.3, -0.25) is 9.59 Å². The minimum atomic E-state index is -0.916. The molecule has 0 aromatic heterocycles. The normalized spacial score (nSPS) is 15.6. The van der Waals surface area contributed by atoms with E-state index in [1.807, 2.05) is 37.3 Å². The molecule has 0 aliphatic carbocycles. The molecule has 1 heterocycles. The topological polar surface area (TPSA) is 76.1 Å². The molecule has 0 spiro atoms. The van der Waals surface area contributed by atoms with E-state index in [9.17, 15) is 14.7 Å². The van der Waals surface area contributed by atoms with Crippen molar-refractivity contribution in [2.75, 3.05) is 13.2 Å². The lowest BCUT2D eigenvalue weighted by Crippen LogP contribution is -2.25. The van der Waals surface area contributed by atoms with Crippen molar-refractivity contribution in [1.82, 2.24) is 4.42 Å². The first-order valence-electron chi connectivity index (χ1n) is 10.8. The lowest BCUT2D eigenvalue weighted by atomic mass is 9.93. The standard InChI is InChI=1S/C26H23Cl2NO5/c1-16(17-5-3-2-4-6-17)15-29(28)25(30)18-7-9-19(10-8-18)34-24-14-23-21(13-22(24)27)20(26(31)32)11-12-33-23/h2-10,13-14,16,20H,11-12,15H2,1H3,(H,31,32). The average molecular weight is 500 g/mol. The zero-order valence-corrected chi connectivity index (χ0v) is 19.9. The first-order valence-corrected chi connectivity index (χ1v) is 11.5. The predicted molar refractivity (Wildman–Crippen MR) is 130 cm³/mol. The molecule has 1 aliphatic rings. The van der Waals surface area contributed by atoms with E-state index in [-0.39, 0.29) is 16.8 Å². The van der Waals surface area contributed by atoms with Crippen molar-refractivity contribution in [2.24, 2.45) is 0 Å². The van der Waals surface area contributed by atoms with Gasteiger partial charge in [-0.25, -0.2) is 4.42 Å². The van der Waals surface area contributed by atoms with E-state index in [2.05, 4.69) is 0 Å². The number of aliphatic carboxylic acids is 1. The largest absolute Gasteiger partial charge is 0.493 e. The zero-order chi connectivity index (χ0) is 24.2. The van der Waals surface area contributed by atoms with Crippen LogP contribution in [-0.4, -0.2) is 34.6 Å². The molecule has 0 radical (unpaired) electrons. The zero-order valence-electron chi connectivity index (χ0n) is 18.4. The maximum Gasteiger partial charge on any atom is 0.311 e. The summed E-state index contributed by atoms with van der Waals surface area (Å²) in [5.74, 6) is -0.570. The Labute approximate surface area is 207 Å². The number of carbonyl (C=O) groups is 2. The molecule has 0 saturated heterocycles. The van der Waals surface area contributed by atoms with Crippen molar-refractivity contribution in [1.29, 1.82) is 0 Å². The molecule has 3 aromatic carbocycles. The predicted octanol–water partition coefficient (Wildman–Crippen LogP) is 6.48. The Morgan fingerprint density at radius 3 is 2.53 bits per heavy atom. The van der Waals surface area contributed by atoms with Crippen molar-refractivity contribution in [3.05, 3.63) is 88.4 Å². The van der Waals surface area contributed by atoms with Crippen molar-refractivity contribution >= 4 is 35.3 Å². The van der Waals surface area contributed by atoms with E-state index in [0.29, 0.717) is 47.9 Å². The second-order valence-corrected chi connectivity index (χ2v) is 8.95. The molecule has 34 heavy (non-hydrogen) atoms. The Morgan fingerprint density at radius 2 is 1.85 bits per heavy atom. The van der Waals surface area contributed by atoms with Crippen LogP contribution in [0.5, 0.6) is 17.2 Å². The highest BCUT2D eigenvalue weighted by Crippen LogP contribution is 2.41. The van der Waals surface area contributed by atoms with E-state index in [4.69, 9.17) is 32.9 Å². The second kappa shape index (κ2) is 10.4. The van der Waals surface area contributed by atoms with Gasteiger partial charge in [0.2, 0.25) is 0 Å². The SMILES string of the molecule is CC(CN(Cl)C(=O)c1ccc(Oc2cc3c(cc2Cl)C(C(=O)O)CCO3)cc1)c1ccccc1. The Morgan fingerprint density at radius 1 is 1.15 bits per heavy atom. The number of benzene rings is 3. The van der Waals surface area contributed by atoms with Crippen LogP contribution < -0.4 is 9.47 Å². The number of nitrogens with zero attached hydrogens (tertiary/aromatic N) is 1. The molecule has 2 atom stereocenters. The summed E-state index contributed by atoms with van der Waals surface area (Å²) in [7, 11) is 0. The molecule has 1 amide bonds. The number of hydrogen-bond donors (Lipinski definition) is 1. The summed E-state index contributed by atoms with van der Waals surface area (Å²) < 4.78 is 12.7. The van der Waals surface area contributed by atoms with Crippen LogP contribution in [0.2, 0.25) is 5.02 Å². The third-order valence-electron chi connectivity index (χ3n) is 5.75. The summed E-state index contributed by atoms with van der Waals surface area (Å²) in [4.78, 5) is 24.2. The van der Waals surface area contributed by atoms with Gasteiger partial charge in [-0.2, -0.15) is 0 Å². The highest BCUT2D eigenvalue weighted by atomic mass is 35.5. The number of rotatable bonds is 7. The highest BCUT2D eigenvalue weighted by molar-refractivity contribution is 6.32. The molecule has 3 aromatic rings. The molecular formula is C26H23Cl2NO5. The molecule has 8 heteroatoms. The third kappa shape index (κ3) is 5.29. The first-order chi connectivity index (χ1) is 16.3. The molecule has 0 fully saturated rings.